The highest BCUT2D eigenvalue weighted by molar-refractivity contribution is 9.09. The van der Waals surface area contributed by atoms with E-state index in [0.717, 1.165) is 13.8 Å². The molecule has 128 valence electrons. The van der Waals surface area contributed by atoms with Crippen molar-refractivity contribution in [1.29, 1.82) is 0 Å². The first-order chi connectivity index (χ1) is 10.8. The first-order valence-corrected chi connectivity index (χ1v) is 7.49. The van der Waals surface area contributed by atoms with Crippen LogP contribution in [0.15, 0.2) is 5.11 Å². The third-order valence-corrected chi connectivity index (χ3v) is 3.60. The van der Waals surface area contributed by atoms with Gasteiger partial charge in [-0.15, -0.1) is 0 Å². The second kappa shape index (κ2) is 8.70. The molecule has 0 radical (unpaired) electrons. The van der Waals surface area contributed by atoms with Crippen LogP contribution in [0.2, 0.25) is 0 Å². The van der Waals surface area contributed by atoms with Gasteiger partial charge in [0.2, 0.25) is 0 Å². The SMILES string of the molecule is CC(=O)OC[C@H]1O[C@H](Br)C(N=[N+]=[N-])[C@@H](OC(C)=O)[C@H]1OC(C)=O. The summed E-state index contributed by atoms with van der Waals surface area (Å²) in [7, 11) is 0. The van der Waals surface area contributed by atoms with Gasteiger partial charge in [0.15, 0.2) is 12.2 Å². The number of hydrogen-bond donors (Lipinski definition) is 0. The van der Waals surface area contributed by atoms with Crippen molar-refractivity contribution in [2.75, 3.05) is 6.61 Å². The highest BCUT2D eigenvalue weighted by Crippen LogP contribution is 2.31. The van der Waals surface area contributed by atoms with Crippen molar-refractivity contribution in [1.82, 2.24) is 0 Å². The van der Waals surface area contributed by atoms with Gasteiger partial charge in [0, 0.05) is 25.7 Å². The molecular weight excluding hydrogens is 378 g/mol. The average molecular weight is 394 g/mol. The molecule has 0 bridgehead atoms. The minimum Gasteiger partial charge on any atom is -0.463 e. The molecule has 1 unspecified atom stereocenters. The van der Waals surface area contributed by atoms with Gasteiger partial charge in [-0.3, -0.25) is 14.4 Å². The van der Waals surface area contributed by atoms with Crippen molar-refractivity contribution in [3.63, 3.8) is 0 Å². The van der Waals surface area contributed by atoms with Crippen molar-refractivity contribution in [2.45, 2.75) is 50.1 Å². The zero-order valence-corrected chi connectivity index (χ0v) is 14.3. The molecule has 1 aliphatic heterocycles. The smallest absolute Gasteiger partial charge is 0.303 e. The molecule has 0 saturated carbocycles. The summed E-state index contributed by atoms with van der Waals surface area (Å²) in [5, 5.41) is 2.69. The van der Waals surface area contributed by atoms with E-state index in [0.29, 0.717) is 0 Å². The Kier molecular flexibility index (Phi) is 7.27. The fraction of sp³-hybridized carbons (Fsp3) is 0.750. The van der Waals surface area contributed by atoms with E-state index in [9.17, 15) is 14.4 Å². The summed E-state index contributed by atoms with van der Waals surface area (Å²) in [6.45, 7) is 3.31. The summed E-state index contributed by atoms with van der Waals surface area (Å²) >= 11 is 3.17. The number of carbonyl (C=O) groups excluding carboxylic acids is 3. The first-order valence-electron chi connectivity index (χ1n) is 6.57. The molecular formula is C12H16BrN3O7. The van der Waals surface area contributed by atoms with Crippen LogP contribution < -0.4 is 0 Å². The molecule has 1 saturated heterocycles. The average Bonchev–Trinajstić information content (AvgIpc) is 2.42. The van der Waals surface area contributed by atoms with Gasteiger partial charge >= 0.3 is 17.9 Å². The molecule has 0 aromatic rings. The van der Waals surface area contributed by atoms with Gasteiger partial charge in [-0.2, -0.15) is 0 Å². The predicted molar refractivity (Wildman–Crippen MR) is 78.3 cm³/mol. The Labute approximate surface area is 140 Å². The largest absolute Gasteiger partial charge is 0.463 e. The van der Waals surface area contributed by atoms with Crippen LogP contribution in [0.1, 0.15) is 20.8 Å². The third-order valence-electron chi connectivity index (χ3n) is 2.84. The van der Waals surface area contributed by atoms with E-state index in [4.69, 9.17) is 24.5 Å². The lowest BCUT2D eigenvalue weighted by Gasteiger charge is -2.41. The van der Waals surface area contributed by atoms with Gasteiger partial charge in [-0.05, 0) is 5.53 Å². The van der Waals surface area contributed by atoms with Crippen molar-refractivity contribution >= 4 is 33.8 Å². The molecule has 0 aromatic heterocycles. The summed E-state index contributed by atoms with van der Waals surface area (Å²) < 4.78 is 20.7. The minimum atomic E-state index is -1.10. The standard InChI is InChI=1S/C12H16BrN3O7/c1-5(17)20-4-8-10(21-6(2)18)11(22-7(3)19)9(15-16-14)12(13)23-8/h8-12H,4H2,1-3H3/t8-,9?,10+,11-,12+/m1/s1. The van der Waals surface area contributed by atoms with Crippen LogP contribution in [0.4, 0.5) is 0 Å². The van der Waals surface area contributed by atoms with E-state index >= 15 is 0 Å². The van der Waals surface area contributed by atoms with Gasteiger partial charge in [-0.25, -0.2) is 0 Å². The zero-order chi connectivity index (χ0) is 17.6. The van der Waals surface area contributed by atoms with Gasteiger partial charge in [-0.1, -0.05) is 21.0 Å². The molecule has 0 aromatic carbocycles. The maximum atomic E-state index is 11.3. The topological polar surface area (TPSA) is 137 Å². The number of esters is 3. The van der Waals surface area contributed by atoms with Crippen LogP contribution in [0.25, 0.3) is 10.4 Å². The highest BCUT2D eigenvalue weighted by atomic mass is 79.9. The number of halogens is 1. The molecule has 1 fully saturated rings. The van der Waals surface area contributed by atoms with Gasteiger partial charge in [0.05, 0.1) is 0 Å². The Morgan fingerprint density at radius 2 is 1.70 bits per heavy atom. The Morgan fingerprint density at radius 1 is 1.13 bits per heavy atom. The van der Waals surface area contributed by atoms with E-state index in [-0.39, 0.29) is 6.61 Å². The minimum absolute atomic E-state index is 0.226. The molecule has 5 atom stereocenters. The number of nitrogens with zero attached hydrogens (tertiary/aromatic N) is 3. The third kappa shape index (κ3) is 5.70. The quantitative estimate of drug-likeness (QED) is 0.171. The van der Waals surface area contributed by atoms with Gasteiger partial charge < -0.3 is 18.9 Å². The zero-order valence-electron chi connectivity index (χ0n) is 12.7. The molecule has 0 N–H and O–H groups in total. The van der Waals surface area contributed by atoms with Crippen LogP contribution in [0, 0.1) is 0 Å². The normalized spacial score (nSPS) is 29.8. The lowest BCUT2D eigenvalue weighted by Crippen LogP contribution is -2.59. The second-order valence-corrected chi connectivity index (χ2v) is 5.57. The predicted octanol–water partition coefficient (Wildman–Crippen LogP) is 1.21. The molecule has 1 rings (SSSR count). The van der Waals surface area contributed by atoms with E-state index in [1.165, 1.54) is 6.92 Å². The fourth-order valence-electron chi connectivity index (χ4n) is 2.05. The van der Waals surface area contributed by atoms with Gasteiger partial charge in [0.25, 0.3) is 0 Å². The summed E-state index contributed by atoms with van der Waals surface area (Å²) in [4.78, 5) is 36.3. The van der Waals surface area contributed by atoms with Crippen molar-refractivity contribution in [3.05, 3.63) is 10.4 Å². The number of ether oxygens (including phenoxy) is 4. The number of azide groups is 1. The molecule has 0 aliphatic carbocycles. The molecule has 1 aliphatic rings. The van der Waals surface area contributed by atoms with Crippen LogP contribution >= 0.6 is 15.9 Å². The number of alkyl halides is 1. The van der Waals surface area contributed by atoms with Crippen molar-refractivity contribution < 1.29 is 33.3 Å². The van der Waals surface area contributed by atoms with Crippen LogP contribution in [0.3, 0.4) is 0 Å². The molecule has 23 heavy (non-hydrogen) atoms. The fourth-order valence-corrected chi connectivity index (χ4v) is 2.74. The molecule has 10 nitrogen and oxygen atoms in total. The Bertz CT molecular complexity index is 523. The van der Waals surface area contributed by atoms with E-state index in [1.54, 1.807) is 0 Å². The Balaban J connectivity index is 3.11. The van der Waals surface area contributed by atoms with E-state index in [2.05, 4.69) is 26.0 Å². The Morgan fingerprint density at radius 3 is 2.17 bits per heavy atom. The maximum absolute atomic E-state index is 11.3. The Hall–Kier alpha value is -1.84. The van der Waals surface area contributed by atoms with Crippen LogP contribution in [-0.4, -0.2) is 53.9 Å². The summed E-state index contributed by atoms with van der Waals surface area (Å²) in [5.74, 6) is -1.86. The first kappa shape index (κ1) is 19.2. The van der Waals surface area contributed by atoms with Crippen molar-refractivity contribution in [2.24, 2.45) is 5.11 Å². The molecule has 1 heterocycles. The summed E-state index contributed by atoms with van der Waals surface area (Å²) in [6, 6.07) is -0.971. The summed E-state index contributed by atoms with van der Waals surface area (Å²) in [6.07, 6.45) is -3.09. The summed E-state index contributed by atoms with van der Waals surface area (Å²) in [5.41, 5.74) is 8.66. The van der Waals surface area contributed by atoms with Crippen LogP contribution in [0.5, 0.6) is 0 Å². The molecule has 0 amide bonds. The number of rotatable bonds is 5. The second-order valence-electron chi connectivity index (χ2n) is 4.67. The molecule has 0 spiro atoms. The maximum Gasteiger partial charge on any atom is 0.303 e. The van der Waals surface area contributed by atoms with Crippen molar-refractivity contribution in [3.8, 4) is 0 Å². The number of carbonyl (C=O) groups is 3. The van der Waals surface area contributed by atoms with E-state index < -0.39 is 47.3 Å². The number of hydrogen-bond acceptors (Lipinski definition) is 8. The van der Waals surface area contributed by atoms with E-state index in [1.807, 2.05) is 0 Å². The van der Waals surface area contributed by atoms with Gasteiger partial charge in [0.1, 0.15) is 23.8 Å². The van der Waals surface area contributed by atoms with Crippen LogP contribution in [-0.2, 0) is 33.3 Å². The lowest BCUT2D eigenvalue weighted by molar-refractivity contribution is -0.208. The highest BCUT2D eigenvalue weighted by Gasteiger charge is 2.49. The molecule has 11 heteroatoms. The lowest BCUT2D eigenvalue weighted by atomic mass is 9.98. The monoisotopic (exact) mass is 393 g/mol.